The average molecular weight is 707 g/mol. The van der Waals surface area contributed by atoms with E-state index in [4.69, 9.17) is 9.95 Å². The lowest BCUT2D eigenvalue weighted by molar-refractivity contribution is -0.119. The number of hydrogen-bond donors (Lipinski definition) is 2. The topological polar surface area (TPSA) is 111 Å². The van der Waals surface area contributed by atoms with Gasteiger partial charge in [-0.3, -0.25) is 10.1 Å². The van der Waals surface area contributed by atoms with E-state index in [2.05, 4.69) is 81.6 Å². The summed E-state index contributed by atoms with van der Waals surface area (Å²) in [6.07, 6.45) is 0.240. The first-order valence-electron chi connectivity index (χ1n) is 18.1. The van der Waals surface area contributed by atoms with Crippen molar-refractivity contribution in [1.29, 1.82) is 0 Å². The quantitative estimate of drug-likeness (QED) is 0.0863. The largest absolute Gasteiger partial charge is 0.444 e. The molecule has 0 saturated heterocycles. The van der Waals surface area contributed by atoms with Crippen LogP contribution in [0.25, 0.3) is 22.5 Å². The lowest BCUT2D eigenvalue weighted by Crippen LogP contribution is -2.48. The number of aromatic nitrogens is 4. The third-order valence-corrected chi connectivity index (χ3v) is 9.00. The van der Waals surface area contributed by atoms with Crippen molar-refractivity contribution < 1.29 is 14.3 Å². The zero-order chi connectivity index (χ0) is 37.3. The van der Waals surface area contributed by atoms with E-state index in [1.807, 2.05) is 111 Å². The van der Waals surface area contributed by atoms with Gasteiger partial charge in [-0.1, -0.05) is 146 Å². The molecule has 0 saturated carbocycles. The Labute approximate surface area is 311 Å². The Kier molecular flexibility index (Phi) is 11.5. The van der Waals surface area contributed by atoms with Crippen LogP contribution in [0.1, 0.15) is 69.2 Å². The van der Waals surface area contributed by atoms with Gasteiger partial charge in [0.05, 0.1) is 6.17 Å². The number of alkyl carbamates (subject to hydrolysis) is 1. The molecule has 9 nitrogen and oxygen atoms in total. The number of nitrogens with zero attached hydrogens (tertiary/aromatic N) is 4. The molecule has 1 unspecified atom stereocenters. The maximum Gasteiger partial charge on any atom is 0.408 e. The first-order valence-corrected chi connectivity index (χ1v) is 18.1. The smallest absolute Gasteiger partial charge is 0.408 e. The molecular formula is C44H46N6O3. The molecule has 2 N–H and O–H groups in total. The molecule has 53 heavy (non-hydrogen) atoms. The Bertz CT molecular complexity index is 2000. The highest BCUT2D eigenvalue weighted by Crippen LogP contribution is 2.43. The Morgan fingerprint density at radius 2 is 1.25 bits per heavy atom. The van der Waals surface area contributed by atoms with Crippen LogP contribution in [0.5, 0.6) is 0 Å². The zero-order valence-electron chi connectivity index (χ0n) is 30.7. The standard InChI is InChI=1S/C44H46N6O3/c1-5-17-37(51)30-40(46-42(52)53-43(2,3)4)45-31-32-26-28-33(29-27-32)38-24-15-16-25-39(38)41-47-48-49-50(41)44(34-18-9-6-10-19-34,35-20-11-7-12-21-35)36-22-13-8-14-23-36/h6-16,18-29,40,45H,5,17,30-31H2,1-4H3,(H,46,52). The molecule has 0 aliphatic rings. The van der Waals surface area contributed by atoms with Crippen LogP contribution in [-0.2, 0) is 21.6 Å². The molecule has 1 atom stereocenters. The van der Waals surface area contributed by atoms with Crippen molar-refractivity contribution in [2.75, 3.05) is 0 Å². The number of ether oxygens (including phenoxy) is 1. The Morgan fingerprint density at radius 1 is 0.717 bits per heavy atom. The normalized spacial score (nSPS) is 12.2. The van der Waals surface area contributed by atoms with Crippen LogP contribution in [0.4, 0.5) is 4.79 Å². The summed E-state index contributed by atoms with van der Waals surface area (Å²) in [5, 5.41) is 19.9. The highest BCUT2D eigenvalue weighted by Gasteiger charge is 2.42. The Balaban J connectivity index is 1.34. The summed E-state index contributed by atoms with van der Waals surface area (Å²) in [7, 11) is 0. The molecule has 0 spiro atoms. The summed E-state index contributed by atoms with van der Waals surface area (Å²) in [5.74, 6) is 0.696. The van der Waals surface area contributed by atoms with Gasteiger partial charge in [-0.25, -0.2) is 9.48 Å². The molecule has 9 heteroatoms. The summed E-state index contributed by atoms with van der Waals surface area (Å²) in [5.41, 5.74) is 5.38. The summed E-state index contributed by atoms with van der Waals surface area (Å²) < 4.78 is 7.40. The molecule has 0 radical (unpaired) electrons. The van der Waals surface area contributed by atoms with E-state index in [0.717, 1.165) is 45.4 Å². The lowest BCUT2D eigenvalue weighted by atomic mass is 9.77. The van der Waals surface area contributed by atoms with Gasteiger partial charge in [0.2, 0.25) is 0 Å². The van der Waals surface area contributed by atoms with Gasteiger partial charge in [-0.15, -0.1) is 5.10 Å². The van der Waals surface area contributed by atoms with Crippen molar-refractivity contribution in [3.8, 4) is 22.5 Å². The van der Waals surface area contributed by atoms with Gasteiger partial charge in [0.15, 0.2) is 5.82 Å². The summed E-state index contributed by atoms with van der Waals surface area (Å²) in [4.78, 5) is 25.1. The molecule has 0 aliphatic carbocycles. The van der Waals surface area contributed by atoms with E-state index in [9.17, 15) is 9.59 Å². The molecule has 6 aromatic rings. The summed E-state index contributed by atoms with van der Waals surface area (Å²) in [6.45, 7) is 7.83. The molecule has 1 heterocycles. The van der Waals surface area contributed by atoms with Crippen molar-refractivity contribution in [2.24, 2.45) is 0 Å². The highest BCUT2D eigenvalue weighted by molar-refractivity contribution is 5.81. The number of tetrazole rings is 1. The lowest BCUT2D eigenvalue weighted by Gasteiger charge is -2.36. The fourth-order valence-electron chi connectivity index (χ4n) is 6.69. The van der Waals surface area contributed by atoms with Crippen molar-refractivity contribution in [1.82, 2.24) is 30.8 Å². The fourth-order valence-corrected chi connectivity index (χ4v) is 6.69. The first-order chi connectivity index (χ1) is 25.7. The van der Waals surface area contributed by atoms with Gasteiger partial charge in [0.1, 0.15) is 16.9 Å². The van der Waals surface area contributed by atoms with Crippen molar-refractivity contribution in [3.63, 3.8) is 0 Å². The second-order valence-electron chi connectivity index (χ2n) is 14.0. The van der Waals surface area contributed by atoms with Gasteiger partial charge < -0.3 is 10.1 Å². The molecule has 6 rings (SSSR count). The predicted molar refractivity (Wildman–Crippen MR) is 208 cm³/mol. The fraction of sp³-hybridized carbons (Fsp3) is 0.250. The van der Waals surface area contributed by atoms with E-state index in [-0.39, 0.29) is 12.2 Å². The summed E-state index contributed by atoms with van der Waals surface area (Å²) >= 11 is 0. The molecule has 0 fully saturated rings. The molecule has 1 aromatic heterocycles. The van der Waals surface area contributed by atoms with Crippen LogP contribution in [0.2, 0.25) is 0 Å². The molecule has 1 amide bonds. The van der Waals surface area contributed by atoms with Crippen LogP contribution in [0.15, 0.2) is 140 Å². The van der Waals surface area contributed by atoms with Gasteiger partial charge in [-0.2, -0.15) is 0 Å². The van der Waals surface area contributed by atoms with Crippen LogP contribution >= 0.6 is 0 Å². The number of rotatable bonds is 14. The Morgan fingerprint density at radius 3 is 1.77 bits per heavy atom. The molecule has 5 aromatic carbocycles. The SMILES string of the molecule is CCCC(=O)CC(NCc1ccc(-c2ccccc2-c2nnnn2C(c2ccccc2)(c2ccccc2)c2ccccc2)cc1)NC(=O)OC(C)(C)C. The van der Waals surface area contributed by atoms with Gasteiger partial charge in [-0.05, 0) is 71.0 Å². The predicted octanol–water partition coefficient (Wildman–Crippen LogP) is 8.55. The second kappa shape index (κ2) is 16.6. The van der Waals surface area contributed by atoms with E-state index in [1.54, 1.807) is 0 Å². The van der Waals surface area contributed by atoms with Crippen molar-refractivity contribution in [3.05, 3.63) is 162 Å². The maximum absolute atomic E-state index is 12.6. The van der Waals surface area contributed by atoms with E-state index < -0.39 is 23.4 Å². The van der Waals surface area contributed by atoms with E-state index in [0.29, 0.717) is 18.8 Å². The number of carbonyl (C=O) groups is 2. The Hall–Kier alpha value is -5.93. The van der Waals surface area contributed by atoms with Crippen LogP contribution in [0, 0.1) is 0 Å². The van der Waals surface area contributed by atoms with E-state index >= 15 is 0 Å². The van der Waals surface area contributed by atoms with Crippen LogP contribution < -0.4 is 10.6 Å². The number of nitrogens with one attached hydrogen (secondary N) is 2. The van der Waals surface area contributed by atoms with Gasteiger partial charge >= 0.3 is 6.09 Å². The molecule has 270 valence electrons. The average Bonchev–Trinajstić information content (AvgIpc) is 3.65. The van der Waals surface area contributed by atoms with Gasteiger partial charge in [0.25, 0.3) is 0 Å². The number of ketones is 1. The molecule has 0 bridgehead atoms. The number of hydrogen-bond acceptors (Lipinski definition) is 7. The zero-order valence-corrected chi connectivity index (χ0v) is 30.7. The van der Waals surface area contributed by atoms with Crippen molar-refractivity contribution in [2.45, 2.75) is 70.8 Å². The summed E-state index contributed by atoms with van der Waals surface area (Å²) in [6, 6.07) is 47.4. The van der Waals surface area contributed by atoms with E-state index in [1.165, 1.54) is 0 Å². The van der Waals surface area contributed by atoms with Crippen molar-refractivity contribution >= 4 is 11.9 Å². The maximum atomic E-state index is 12.6. The number of Topliss-reactive ketones (excluding diaryl/α,β-unsaturated/α-hetero) is 1. The molecule has 0 aliphatic heterocycles. The number of carbonyl (C=O) groups excluding carboxylic acids is 2. The van der Waals surface area contributed by atoms with Crippen LogP contribution in [0.3, 0.4) is 0 Å². The third kappa shape index (κ3) is 8.59. The number of amides is 1. The third-order valence-electron chi connectivity index (χ3n) is 9.00. The minimum atomic E-state index is -0.881. The number of benzene rings is 5. The first kappa shape index (κ1) is 36.8. The molecular weight excluding hydrogens is 661 g/mol. The second-order valence-corrected chi connectivity index (χ2v) is 14.0. The minimum absolute atomic E-state index is 0.0752. The van der Waals surface area contributed by atoms with Crippen LogP contribution in [-0.4, -0.2) is 43.9 Å². The monoisotopic (exact) mass is 706 g/mol. The highest BCUT2D eigenvalue weighted by atomic mass is 16.6. The minimum Gasteiger partial charge on any atom is -0.444 e. The van der Waals surface area contributed by atoms with Gasteiger partial charge in [0, 0.05) is 24.9 Å².